The van der Waals surface area contributed by atoms with Gasteiger partial charge in [0, 0.05) is 32.6 Å². The van der Waals surface area contributed by atoms with Crippen LogP contribution in [-0.2, 0) is 6.42 Å². The highest BCUT2D eigenvalue weighted by molar-refractivity contribution is 5.42. The van der Waals surface area contributed by atoms with E-state index < -0.39 is 0 Å². The molecule has 1 aliphatic heterocycles. The summed E-state index contributed by atoms with van der Waals surface area (Å²) in [6.45, 7) is 5.93. The Bertz CT molecular complexity index is 429. The first-order chi connectivity index (χ1) is 9.03. The summed E-state index contributed by atoms with van der Waals surface area (Å²) >= 11 is 0. The number of nitrogens with zero attached hydrogens (tertiary/aromatic N) is 1. The predicted molar refractivity (Wildman–Crippen MR) is 75.4 cm³/mol. The second-order valence-electron chi connectivity index (χ2n) is 5.28. The maximum absolute atomic E-state index is 9.61. The molecule has 1 aromatic rings. The Labute approximate surface area is 114 Å². The van der Waals surface area contributed by atoms with Crippen molar-refractivity contribution in [1.82, 2.24) is 10.2 Å². The summed E-state index contributed by atoms with van der Waals surface area (Å²) in [7, 11) is 1.55. The Morgan fingerprint density at radius 3 is 2.74 bits per heavy atom. The van der Waals surface area contributed by atoms with Gasteiger partial charge in [-0.25, -0.2) is 0 Å². The zero-order valence-corrected chi connectivity index (χ0v) is 11.6. The molecule has 2 rings (SSSR count). The van der Waals surface area contributed by atoms with Crippen LogP contribution in [0.3, 0.4) is 0 Å². The minimum Gasteiger partial charge on any atom is -0.504 e. The van der Waals surface area contributed by atoms with E-state index in [1.54, 1.807) is 13.2 Å². The van der Waals surface area contributed by atoms with Crippen molar-refractivity contribution in [2.75, 3.05) is 33.3 Å². The van der Waals surface area contributed by atoms with Crippen molar-refractivity contribution in [3.8, 4) is 11.5 Å². The smallest absolute Gasteiger partial charge is 0.160 e. The molecule has 0 spiro atoms. The average molecular weight is 265 g/mol. The van der Waals surface area contributed by atoms with Crippen LogP contribution in [0.25, 0.3) is 0 Å². The lowest BCUT2D eigenvalue weighted by Gasteiger charge is -2.41. The molecule has 1 saturated heterocycles. The van der Waals surface area contributed by atoms with Crippen LogP contribution in [-0.4, -0.2) is 49.0 Å². The number of hydrogen-bond donors (Lipinski definition) is 3. The van der Waals surface area contributed by atoms with Crippen LogP contribution in [0.5, 0.6) is 11.5 Å². The molecule has 106 valence electrons. The van der Waals surface area contributed by atoms with E-state index in [0.717, 1.165) is 38.2 Å². The van der Waals surface area contributed by atoms with E-state index in [4.69, 9.17) is 10.5 Å². The topological polar surface area (TPSA) is 70.8 Å². The fourth-order valence-electron chi connectivity index (χ4n) is 2.53. The van der Waals surface area contributed by atoms with Crippen LogP contribution in [0.4, 0.5) is 0 Å². The highest BCUT2D eigenvalue weighted by Crippen LogP contribution is 2.28. The molecule has 1 aliphatic rings. The number of rotatable bonds is 4. The van der Waals surface area contributed by atoms with Gasteiger partial charge in [-0.15, -0.1) is 0 Å². The molecule has 4 N–H and O–H groups in total. The third-order valence-electron chi connectivity index (χ3n) is 3.65. The van der Waals surface area contributed by atoms with Crippen molar-refractivity contribution >= 4 is 0 Å². The van der Waals surface area contributed by atoms with Crippen LogP contribution in [0, 0.1) is 0 Å². The molecule has 0 aromatic heterocycles. The highest BCUT2D eigenvalue weighted by Gasteiger charge is 2.28. The molecule has 5 nitrogen and oxygen atoms in total. The van der Waals surface area contributed by atoms with E-state index >= 15 is 0 Å². The summed E-state index contributed by atoms with van der Waals surface area (Å²) in [6, 6.07) is 5.40. The minimum absolute atomic E-state index is 0.159. The molecule has 1 aromatic carbocycles. The van der Waals surface area contributed by atoms with Gasteiger partial charge in [-0.2, -0.15) is 0 Å². The quantitative estimate of drug-likeness (QED) is 0.740. The Balaban J connectivity index is 2.10. The van der Waals surface area contributed by atoms with Gasteiger partial charge in [0.2, 0.25) is 0 Å². The lowest BCUT2D eigenvalue weighted by molar-refractivity contribution is 0.0932. The van der Waals surface area contributed by atoms with E-state index in [0.29, 0.717) is 5.75 Å². The van der Waals surface area contributed by atoms with Crippen molar-refractivity contribution in [3.63, 3.8) is 0 Å². The Hall–Kier alpha value is -1.30. The van der Waals surface area contributed by atoms with Crippen LogP contribution in [0.15, 0.2) is 18.2 Å². The molecule has 0 bridgehead atoms. The van der Waals surface area contributed by atoms with Gasteiger partial charge >= 0.3 is 0 Å². The standard InChI is InChI=1S/C14H23N3O2/c1-14(15,17-7-5-16-6-8-17)10-11-3-4-12(18)13(9-11)19-2/h3-4,9,16,18H,5-8,10,15H2,1-2H3. The van der Waals surface area contributed by atoms with Crippen molar-refractivity contribution in [2.24, 2.45) is 5.73 Å². The molecular formula is C14H23N3O2. The maximum atomic E-state index is 9.61. The number of aromatic hydroxyl groups is 1. The summed E-state index contributed by atoms with van der Waals surface area (Å²) in [4.78, 5) is 2.29. The van der Waals surface area contributed by atoms with Crippen LogP contribution < -0.4 is 15.8 Å². The molecule has 0 aliphatic carbocycles. The van der Waals surface area contributed by atoms with E-state index in [1.807, 2.05) is 12.1 Å². The first kappa shape index (κ1) is 14.1. The second-order valence-corrected chi connectivity index (χ2v) is 5.28. The van der Waals surface area contributed by atoms with Gasteiger partial charge in [0.25, 0.3) is 0 Å². The van der Waals surface area contributed by atoms with Gasteiger partial charge in [-0.1, -0.05) is 6.07 Å². The van der Waals surface area contributed by atoms with Gasteiger partial charge in [0.05, 0.1) is 12.8 Å². The average Bonchev–Trinajstić information content (AvgIpc) is 2.42. The van der Waals surface area contributed by atoms with Crippen LogP contribution in [0.2, 0.25) is 0 Å². The number of nitrogens with two attached hydrogens (primary N) is 1. The van der Waals surface area contributed by atoms with Crippen LogP contribution in [0.1, 0.15) is 12.5 Å². The number of methoxy groups -OCH3 is 1. The Kier molecular flexibility index (Phi) is 4.29. The largest absolute Gasteiger partial charge is 0.504 e. The van der Waals surface area contributed by atoms with Crippen molar-refractivity contribution in [2.45, 2.75) is 19.0 Å². The van der Waals surface area contributed by atoms with Gasteiger partial charge in [-0.3, -0.25) is 4.90 Å². The van der Waals surface area contributed by atoms with Crippen molar-refractivity contribution < 1.29 is 9.84 Å². The first-order valence-corrected chi connectivity index (χ1v) is 6.63. The van der Waals surface area contributed by atoms with E-state index in [-0.39, 0.29) is 11.4 Å². The SMILES string of the molecule is COc1cc(CC(C)(N)N2CCNCC2)ccc1O. The number of piperazine rings is 1. The third kappa shape index (κ3) is 3.37. The zero-order valence-electron chi connectivity index (χ0n) is 11.6. The monoisotopic (exact) mass is 265 g/mol. The van der Waals surface area contributed by atoms with Gasteiger partial charge in [0.1, 0.15) is 0 Å². The van der Waals surface area contributed by atoms with E-state index in [1.165, 1.54) is 0 Å². The maximum Gasteiger partial charge on any atom is 0.160 e. The predicted octanol–water partition coefficient (Wildman–Crippen LogP) is 0.523. The number of benzene rings is 1. The fraction of sp³-hybridized carbons (Fsp3) is 0.571. The molecule has 0 amide bonds. The summed E-state index contributed by atoms with van der Waals surface area (Å²) < 4.78 is 5.13. The van der Waals surface area contributed by atoms with E-state index in [9.17, 15) is 5.11 Å². The van der Waals surface area contributed by atoms with Gasteiger partial charge < -0.3 is 20.9 Å². The lowest BCUT2D eigenvalue weighted by atomic mass is 9.99. The number of nitrogens with one attached hydrogen (secondary N) is 1. The minimum atomic E-state index is -0.385. The summed E-state index contributed by atoms with van der Waals surface area (Å²) in [5.74, 6) is 0.653. The second kappa shape index (κ2) is 5.77. The normalized spacial score (nSPS) is 19.9. The lowest BCUT2D eigenvalue weighted by Crippen LogP contribution is -2.60. The molecule has 0 radical (unpaired) electrons. The summed E-state index contributed by atoms with van der Waals surface area (Å²) in [6.07, 6.45) is 0.726. The van der Waals surface area contributed by atoms with Crippen molar-refractivity contribution in [3.05, 3.63) is 23.8 Å². The zero-order chi connectivity index (χ0) is 13.9. The van der Waals surface area contributed by atoms with Crippen LogP contribution >= 0.6 is 0 Å². The molecule has 1 unspecified atom stereocenters. The number of phenols is 1. The van der Waals surface area contributed by atoms with E-state index in [2.05, 4.69) is 17.1 Å². The van der Waals surface area contributed by atoms with Crippen molar-refractivity contribution in [1.29, 1.82) is 0 Å². The molecule has 1 atom stereocenters. The molecule has 19 heavy (non-hydrogen) atoms. The molecule has 1 fully saturated rings. The number of phenolic OH excluding ortho intramolecular Hbond substituents is 1. The molecule has 5 heteroatoms. The fourth-order valence-corrected chi connectivity index (χ4v) is 2.53. The van der Waals surface area contributed by atoms with Gasteiger partial charge in [-0.05, 0) is 24.6 Å². The Morgan fingerprint density at radius 2 is 2.11 bits per heavy atom. The molecular weight excluding hydrogens is 242 g/mol. The summed E-state index contributed by atoms with van der Waals surface area (Å²) in [5, 5.41) is 12.9. The Morgan fingerprint density at radius 1 is 1.42 bits per heavy atom. The molecule has 0 saturated carbocycles. The number of ether oxygens (including phenoxy) is 1. The summed E-state index contributed by atoms with van der Waals surface area (Å²) in [5.41, 5.74) is 7.13. The highest BCUT2D eigenvalue weighted by atomic mass is 16.5. The molecule has 1 heterocycles. The third-order valence-corrected chi connectivity index (χ3v) is 3.65. The first-order valence-electron chi connectivity index (χ1n) is 6.63. The number of hydrogen-bond acceptors (Lipinski definition) is 5. The van der Waals surface area contributed by atoms with Gasteiger partial charge in [0.15, 0.2) is 11.5 Å².